The van der Waals surface area contributed by atoms with Crippen molar-refractivity contribution in [1.82, 2.24) is 10.2 Å². The Morgan fingerprint density at radius 1 is 1.42 bits per heavy atom. The Hall–Kier alpha value is -0.660. The molecular weight excluding hydrogens is 268 g/mol. The minimum absolute atomic E-state index is 0.0472. The average Bonchev–Trinajstić information content (AvgIpc) is 2.38. The topological polar surface area (TPSA) is 75.7 Å². The Labute approximate surface area is 114 Å². The molecule has 0 aromatic heterocycles. The number of sulfone groups is 1. The Morgan fingerprint density at radius 2 is 2.21 bits per heavy atom. The van der Waals surface area contributed by atoms with Gasteiger partial charge >= 0.3 is 0 Å². The molecule has 7 heteroatoms. The van der Waals surface area contributed by atoms with E-state index in [2.05, 4.69) is 5.32 Å². The monoisotopic (exact) mass is 290 g/mol. The van der Waals surface area contributed by atoms with Crippen molar-refractivity contribution in [2.24, 2.45) is 0 Å². The highest BCUT2D eigenvalue weighted by molar-refractivity contribution is 7.92. The summed E-state index contributed by atoms with van der Waals surface area (Å²) in [6.45, 7) is 2.11. The van der Waals surface area contributed by atoms with Gasteiger partial charge in [0.2, 0.25) is 5.91 Å². The zero-order valence-corrected chi connectivity index (χ0v) is 12.1. The summed E-state index contributed by atoms with van der Waals surface area (Å²) < 4.78 is 29.5. The van der Waals surface area contributed by atoms with Crippen LogP contribution in [0.25, 0.3) is 0 Å². The molecule has 2 aliphatic rings. The summed E-state index contributed by atoms with van der Waals surface area (Å²) in [4.78, 5) is 14.0. The van der Waals surface area contributed by atoms with E-state index in [0.717, 1.165) is 6.42 Å². The Bertz CT molecular complexity index is 421. The summed E-state index contributed by atoms with van der Waals surface area (Å²) in [6.07, 6.45) is 1.92. The average molecular weight is 290 g/mol. The molecule has 1 amide bonds. The molecule has 2 saturated heterocycles. The van der Waals surface area contributed by atoms with Crippen LogP contribution in [0.1, 0.15) is 19.3 Å². The molecule has 0 spiro atoms. The fourth-order valence-electron chi connectivity index (χ4n) is 2.71. The largest absolute Gasteiger partial charge is 0.373 e. The van der Waals surface area contributed by atoms with E-state index in [0.29, 0.717) is 39.1 Å². The standard InChI is InChI=1S/C12H22N2O4S/c1-13-8-10-9-14(5-6-18-10)12(15)11-4-2-3-7-19(11,16)17/h10-11,13H,2-9H2,1H3. The van der Waals surface area contributed by atoms with Crippen LogP contribution in [0.2, 0.25) is 0 Å². The van der Waals surface area contributed by atoms with E-state index in [1.54, 1.807) is 4.90 Å². The van der Waals surface area contributed by atoms with Crippen molar-refractivity contribution in [2.75, 3.05) is 39.0 Å². The van der Waals surface area contributed by atoms with E-state index in [1.807, 2.05) is 7.05 Å². The van der Waals surface area contributed by atoms with Gasteiger partial charge in [-0.3, -0.25) is 4.79 Å². The first-order valence-corrected chi connectivity index (χ1v) is 8.52. The van der Waals surface area contributed by atoms with E-state index in [4.69, 9.17) is 4.74 Å². The van der Waals surface area contributed by atoms with Crippen molar-refractivity contribution in [3.8, 4) is 0 Å². The van der Waals surface area contributed by atoms with Crippen molar-refractivity contribution in [1.29, 1.82) is 0 Å². The third kappa shape index (κ3) is 3.46. The summed E-state index contributed by atoms with van der Waals surface area (Å²) >= 11 is 0. The van der Waals surface area contributed by atoms with Crippen molar-refractivity contribution in [3.05, 3.63) is 0 Å². The van der Waals surface area contributed by atoms with Gasteiger partial charge in [0.15, 0.2) is 9.84 Å². The second kappa shape index (κ2) is 6.19. The molecule has 2 atom stereocenters. The lowest BCUT2D eigenvalue weighted by atomic mass is 10.1. The summed E-state index contributed by atoms with van der Waals surface area (Å²) in [7, 11) is -1.42. The molecule has 6 nitrogen and oxygen atoms in total. The molecule has 2 rings (SSSR count). The second-order valence-electron chi connectivity index (χ2n) is 5.19. The lowest BCUT2D eigenvalue weighted by Crippen LogP contribution is -2.53. The molecule has 0 radical (unpaired) electrons. The Balaban J connectivity index is 2.02. The van der Waals surface area contributed by atoms with Gasteiger partial charge in [0.1, 0.15) is 5.25 Å². The predicted molar refractivity (Wildman–Crippen MR) is 71.7 cm³/mol. The smallest absolute Gasteiger partial charge is 0.241 e. The van der Waals surface area contributed by atoms with Gasteiger partial charge in [-0.2, -0.15) is 0 Å². The van der Waals surface area contributed by atoms with Crippen LogP contribution in [-0.2, 0) is 19.4 Å². The molecule has 0 bridgehead atoms. The number of rotatable bonds is 3. The first-order chi connectivity index (χ1) is 9.04. The zero-order valence-electron chi connectivity index (χ0n) is 11.3. The normalized spacial score (nSPS) is 31.1. The van der Waals surface area contributed by atoms with Crippen LogP contribution in [0.15, 0.2) is 0 Å². The molecule has 0 aromatic carbocycles. The molecule has 19 heavy (non-hydrogen) atoms. The third-order valence-electron chi connectivity index (χ3n) is 3.74. The summed E-state index contributed by atoms with van der Waals surface area (Å²) in [5.74, 6) is -0.0858. The quantitative estimate of drug-likeness (QED) is 0.751. The molecular formula is C12H22N2O4S. The van der Waals surface area contributed by atoms with E-state index in [-0.39, 0.29) is 17.8 Å². The molecule has 0 aliphatic carbocycles. The summed E-state index contributed by atoms with van der Waals surface area (Å²) in [6, 6.07) is 0. The van der Waals surface area contributed by atoms with Gasteiger partial charge in [-0.05, 0) is 19.9 Å². The van der Waals surface area contributed by atoms with Crippen LogP contribution in [0.3, 0.4) is 0 Å². The van der Waals surface area contributed by atoms with Crippen molar-refractivity contribution in [2.45, 2.75) is 30.6 Å². The fourth-order valence-corrected chi connectivity index (χ4v) is 4.58. The van der Waals surface area contributed by atoms with Gasteiger partial charge < -0.3 is 15.0 Å². The van der Waals surface area contributed by atoms with Gasteiger partial charge in [0.25, 0.3) is 0 Å². The lowest BCUT2D eigenvalue weighted by molar-refractivity contribution is -0.138. The number of nitrogens with zero attached hydrogens (tertiary/aromatic N) is 1. The maximum atomic E-state index is 12.4. The maximum absolute atomic E-state index is 12.4. The highest BCUT2D eigenvalue weighted by atomic mass is 32.2. The molecule has 0 aromatic rings. The van der Waals surface area contributed by atoms with Crippen LogP contribution in [0, 0.1) is 0 Å². The van der Waals surface area contributed by atoms with Crippen molar-refractivity contribution in [3.63, 3.8) is 0 Å². The van der Waals surface area contributed by atoms with Gasteiger partial charge in [0, 0.05) is 19.6 Å². The summed E-state index contributed by atoms with van der Waals surface area (Å²) in [5.41, 5.74) is 0. The van der Waals surface area contributed by atoms with Crippen LogP contribution in [0.5, 0.6) is 0 Å². The lowest BCUT2D eigenvalue weighted by Gasteiger charge is -2.35. The minimum atomic E-state index is -3.25. The van der Waals surface area contributed by atoms with Crippen LogP contribution < -0.4 is 5.32 Å². The maximum Gasteiger partial charge on any atom is 0.241 e. The van der Waals surface area contributed by atoms with Crippen molar-refractivity contribution >= 4 is 15.7 Å². The fraction of sp³-hybridized carbons (Fsp3) is 0.917. The first-order valence-electron chi connectivity index (χ1n) is 6.81. The van der Waals surface area contributed by atoms with Crippen LogP contribution in [0.4, 0.5) is 0 Å². The number of carbonyl (C=O) groups is 1. The summed E-state index contributed by atoms with van der Waals surface area (Å²) in [5, 5.41) is 2.19. The molecule has 110 valence electrons. The number of morpholine rings is 1. The molecule has 2 unspecified atom stereocenters. The zero-order chi connectivity index (χ0) is 13.9. The highest BCUT2D eigenvalue weighted by Gasteiger charge is 2.38. The number of carbonyl (C=O) groups excluding carboxylic acids is 1. The van der Waals surface area contributed by atoms with Gasteiger partial charge in [-0.25, -0.2) is 8.42 Å². The Morgan fingerprint density at radius 3 is 2.89 bits per heavy atom. The number of hydrogen-bond acceptors (Lipinski definition) is 5. The van der Waals surface area contributed by atoms with Gasteiger partial charge in [-0.1, -0.05) is 6.42 Å². The van der Waals surface area contributed by atoms with Crippen LogP contribution >= 0.6 is 0 Å². The van der Waals surface area contributed by atoms with Gasteiger partial charge in [0.05, 0.1) is 18.5 Å². The number of hydrogen-bond donors (Lipinski definition) is 1. The predicted octanol–water partition coefficient (Wildman–Crippen LogP) is -0.599. The minimum Gasteiger partial charge on any atom is -0.373 e. The van der Waals surface area contributed by atoms with Gasteiger partial charge in [-0.15, -0.1) is 0 Å². The number of likely N-dealkylation sites (N-methyl/N-ethyl adjacent to an activating group) is 1. The first kappa shape index (κ1) is 14.7. The molecule has 2 heterocycles. The SMILES string of the molecule is CNCC1CN(C(=O)C2CCCCS2(=O)=O)CCO1. The van der Waals surface area contributed by atoms with E-state index in [1.165, 1.54) is 0 Å². The molecule has 2 aliphatic heterocycles. The molecule has 0 saturated carbocycles. The van der Waals surface area contributed by atoms with Crippen molar-refractivity contribution < 1.29 is 17.9 Å². The Kier molecular flexibility index (Phi) is 4.81. The third-order valence-corrected chi connectivity index (χ3v) is 5.90. The molecule has 2 fully saturated rings. The second-order valence-corrected chi connectivity index (χ2v) is 7.49. The van der Waals surface area contributed by atoms with Crippen LogP contribution in [-0.4, -0.2) is 69.6 Å². The number of ether oxygens (including phenoxy) is 1. The van der Waals surface area contributed by atoms with E-state index < -0.39 is 15.1 Å². The highest BCUT2D eigenvalue weighted by Crippen LogP contribution is 2.22. The molecule has 1 N–H and O–H groups in total. The number of amides is 1. The van der Waals surface area contributed by atoms with E-state index >= 15 is 0 Å². The number of nitrogens with one attached hydrogen (secondary N) is 1. The van der Waals surface area contributed by atoms with E-state index in [9.17, 15) is 13.2 Å².